The summed E-state index contributed by atoms with van der Waals surface area (Å²) in [4.78, 5) is 13.2. The average molecular weight is 448 g/mol. The molecule has 1 aliphatic rings. The minimum Gasteiger partial charge on any atom is -0.508 e. The van der Waals surface area contributed by atoms with Crippen molar-refractivity contribution in [1.82, 2.24) is 0 Å². The lowest BCUT2D eigenvalue weighted by molar-refractivity contribution is -0.268. The summed E-state index contributed by atoms with van der Waals surface area (Å²) in [5, 5.41) is 69.7. The zero-order valence-electron chi connectivity index (χ0n) is 16.5. The van der Waals surface area contributed by atoms with Gasteiger partial charge in [0.25, 0.3) is 0 Å². The summed E-state index contributed by atoms with van der Waals surface area (Å²) in [6, 6.07) is 5.83. The van der Waals surface area contributed by atoms with Crippen LogP contribution in [0.1, 0.15) is 6.92 Å². The summed E-state index contributed by atoms with van der Waals surface area (Å²) < 4.78 is 16.6. The van der Waals surface area contributed by atoms with Crippen LogP contribution in [0.15, 0.2) is 39.5 Å². The van der Waals surface area contributed by atoms with Gasteiger partial charge >= 0.3 is 0 Å². The smallest absolute Gasteiger partial charge is 0.235 e. The molecule has 0 spiro atoms. The molecule has 1 aromatic heterocycles. The Bertz CT molecular complexity index is 1230. The molecule has 1 saturated heterocycles. The van der Waals surface area contributed by atoms with E-state index in [1.807, 2.05) is 0 Å². The van der Waals surface area contributed by atoms with Gasteiger partial charge in [0.1, 0.15) is 29.6 Å². The molecule has 11 heteroatoms. The maximum Gasteiger partial charge on any atom is 0.235 e. The number of fused-ring (bicyclic) bond motifs is 1. The van der Waals surface area contributed by atoms with Crippen molar-refractivity contribution < 1.29 is 49.6 Å². The van der Waals surface area contributed by atoms with Gasteiger partial charge in [-0.1, -0.05) is 0 Å². The minimum atomic E-state index is -1.74. The Labute approximate surface area is 179 Å². The number of aliphatic hydroxyl groups is 3. The molecule has 7 N–H and O–H groups in total. The van der Waals surface area contributed by atoms with E-state index in [-0.39, 0.29) is 22.3 Å². The molecule has 2 heterocycles. The Balaban J connectivity index is 1.92. The van der Waals surface area contributed by atoms with Crippen LogP contribution < -0.4 is 10.2 Å². The number of hydrogen-bond acceptors (Lipinski definition) is 11. The Morgan fingerprint density at radius 3 is 2.34 bits per heavy atom. The van der Waals surface area contributed by atoms with E-state index in [0.717, 1.165) is 18.2 Å². The van der Waals surface area contributed by atoms with Gasteiger partial charge in [-0.25, -0.2) is 0 Å². The molecule has 0 amide bonds. The molecule has 0 bridgehead atoms. The molecule has 5 atom stereocenters. The molecular formula is C21H20O11. The number of ether oxygens (including phenoxy) is 2. The molecule has 1 fully saturated rings. The van der Waals surface area contributed by atoms with Gasteiger partial charge in [0, 0.05) is 6.07 Å². The molecule has 0 aliphatic carbocycles. The first kappa shape index (κ1) is 21.7. The number of hydrogen-bond donors (Lipinski definition) is 7. The molecular weight excluding hydrogens is 428 g/mol. The fourth-order valence-electron chi connectivity index (χ4n) is 3.43. The number of rotatable bonds is 3. The van der Waals surface area contributed by atoms with Crippen molar-refractivity contribution in [3.8, 4) is 40.1 Å². The van der Waals surface area contributed by atoms with E-state index in [2.05, 4.69) is 0 Å². The Kier molecular flexibility index (Phi) is 5.34. The molecule has 0 radical (unpaired) electrons. The summed E-state index contributed by atoms with van der Waals surface area (Å²) in [6.45, 7) is 1.42. The van der Waals surface area contributed by atoms with E-state index in [1.54, 1.807) is 0 Å². The van der Waals surface area contributed by atoms with E-state index in [1.165, 1.54) is 19.1 Å². The van der Waals surface area contributed by atoms with Crippen LogP contribution in [-0.2, 0) is 4.74 Å². The van der Waals surface area contributed by atoms with Gasteiger partial charge in [0.2, 0.25) is 23.2 Å². The second-order valence-electron chi connectivity index (χ2n) is 7.40. The van der Waals surface area contributed by atoms with E-state index < -0.39 is 64.9 Å². The monoisotopic (exact) mass is 448 g/mol. The van der Waals surface area contributed by atoms with Gasteiger partial charge in [0.05, 0.1) is 17.1 Å². The SMILES string of the molecule is C[C@H]1O[C@@H](Oc2c(-c3ccc(O)c(O)c3O)oc3cc(O)ccc3c2=O)[C@@H](O)[C@@H](O)[C@@H]1O. The third-order valence-corrected chi connectivity index (χ3v) is 5.25. The van der Waals surface area contributed by atoms with Crippen LogP contribution in [0, 0.1) is 0 Å². The van der Waals surface area contributed by atoms with Crippen molar-refractivity contribution in [3.05, 3.63) is 40.6 Å². The summed E-state index contributed by atoms with van der Waals surface area (Å²) in [5.41, 5.74) is -1.12. The Morgan fingerprint density at radius 1 is 0.906 bits per heavy atom. The number of aromatic hydroxyl groups is 4. The van der Waals surface area contributed by atoms with Crippen LogP contribution in [0.2, 0.25) is 0 Å². The average Bonchev–Trinajstić information content (AvgIpc) is 2.76. The van der Waals surface area contributed by atoms with Crippen molar-refractivity contribution in [2.75, 3.05) is 0 Å². The molecule has 4 rings (SSSR count). The largest absolute Gasteiger partial charge is 0.508 e. The van der Waals surface area contributed by atoms with Gasteiger partial charge in [0.15, 0.2) is 17.3 Å². The second-order valence-corrected chi connectivity index (χ2v) is 7.40. The molecule has 2 aromatic carbocycles. The molecule has 170 valence electrons. The van der Waals surface area contributed by atoms with Crippen LogP contribution in [0.5, 0.6) is 28.7 Å². The quantitative estimate of drug-likeness (QED) is 0.276. The van der Waals surface area contributed by atoms with Crippen molar-refractivity contribution >= 4 is 11.0 Å². The van der Waals surface area contributed by atoms with Crippen LogP contribution in [0.4, 0.5) is 0 Å². The number of phenolic OH excluding ortho intramolecular Hbond substituents is 4. The van der Waals surface area contributed by atoms with E-state index in [4.69, 9.17) is 13.9 Å². The van der Waals surface area contributed by atoms with Gasteiger partial charge in [-0.2, -0.15) is 0 Å². The third-order valence-electron chi connectivity index (χ3n) is 5.25. The fourth-order valence-corrected chi connectivity index (χ4v) is 3.43. The topological polar surface area (TPSA) is 190 Å². The van der Waals surface area contributed by atoms with E-state index >= 15 is 0 Å². The summed E-state index contributed by atoms with van der Waals surface area (Å²) >= 11 is 0. The zero-order valence-corrected chi connectivity index (χ0v) is 16.5. The molecule has 3 aromatic rings. The predicted octanol–water partition coefficient (Wildman–Crippen LogP) is 0.489. The molecule has 1 aliphatic heterocycles. The highest BCUT2D eigenvalue weighted by molar-refractivity contribution is 5.85. The molecule has 11 nitrogen and oxygen atoms in total. The second kappa shape index (κ2) is 7.88. The normalized spacial score (nSPS) is 25.7. The Hall–Kier alpha value is -3.51. The summed E-state index contributed by atoms with van der Waals surface area (Å²) in [7, 11) is 0. The molecule has 0 unspecified atom stereocenters. The van der Waals surface area contributed by atoms with Crippen LogP contribution in [0.3, 0.4) is 0 Å². The summed E-state index contributed by atoms with van der Waals surface area (Å²) in [6.07, 6.45) is -7.35. The number of aliphatic hydroxyl groups excluding tert-OH is 3. The first-order valence-electron chi connectivity index (χ1n) is 9.50. The Morgan fingerprint density at radius 2 is 1.62 bits per heavy atom. The highest BCUT2D eigenvalue weighted by atomic mass is 16.7. The molecule has 0 saturated carbocycles. The lowest BCUT2D eigenvalue weighted by atomic mass is 10.00. The minimum absolute atomic E-state index is 0.0250. The maximum absolute atomic E-state index is 13.2. The number of phenols is 4. The van der Waals surface area contributed by atoms with Gasteiger partial charge in [-0.05, 0) is 31.2 Å². The van der Waals surface area contributed by atoms with Gasteiger partial charge in [-0.15, -0.1) is 0 Å². The highest BCUT2D eigenvalue weighted by Gasteiger charge is 2.44. The predicted molar refractivity (Wildman–Crippen MR) is 108 cm³/mol. The van der Waals surface area contributed by atoms with Gasteiger partial charge < -0.3 is 49.6 Å². The van der Waals surface area contributed by atoms with Crippen molar-refractivity contribution in [1.29, 1.82) is 0 Å². The van der Waals surface area contributed by atoms with Crippen LogP contribution in [0.25, 0.3) is 22.3 Å². The van der Waals surface area contributed by atoms with Crippen molar-refractivity contribution in [3.63, 3.8) is 0 Å². The first-order valence-corrected chi connectivity index (χ1v) is 9.50. The van der Waals surface area contributed by atoms with Gasteiger partial charge in [-0.3, -0.25) is 4.79 Å². The van der Waals surface area contributed by atoms with E-state index in [9.17, 15) is 40.5 Å². The highest BCUT2D eigenvalue weighted by Crippen LogP contribution is 2.45. The summed E-state index contributed by atoms with van der Waals surface area (Å²) in [5.74, 6) is -3.52. The fraction of sp³-hybridized carbons (Fsp3) is 0.286. The van der Waals surface area contributed by atoms with Crippen LogP contribution >= 0.6 is 0 Å². The number of benzene rings is 2. The van der Waals surface area contributed by atoms with Crippen molar-refractivity contribution in [2.24, 2.45) is 0 Å². The van der Waals surface area contributed by atoms with Crippen molar-refractivity contribution in [2.45, 2.75) is 37.6 Å². The first-order chi connectivity index (χ1) is 15.1. The lowest BCUT2D eigenvalue weighted by Crippen LogP contribution is -2.58. The standard InChI is InChI=1S/C21H20O11/c1-7-13(24)17(28)18(29)21(30-7)32-20-15(26)9-3-2-8(22)6-12(9)31-19(20)10-4-5-11(23)16(27)14(10)25/h2-7,13,17-18,21-25,27-29H,1H3/t7-,13-,17+,18+,21+/m1/s1. The van der Waals surface area contributed by atoms with Crippen LogP contribution in [-0.4, -0.2) is 66.5 Å². The maximum atomic E-state index is 13.2. The lowest BCUT2D eigenvalue weighted by Gasteiger charge is -2.38. The third kappa shape index (κ3) is 3.46. The van der Waals surface area contributed by atoms with E-state index in [0.29, 0.717) is 0 Å². The zero-order chi connectivity index (χ0) is 23.3. The molecule has 32 heavy (non-hydrogen) atoms.